The Morgan fingerprint density at radius 1 is 1.00 bits per heavy atom. The molecule has 0 unspecified atom stereocenters. The maximum atomic E-state index is 12.4. The number of carbonyl (C=O) groups is 2. The molecule has 0 saturated carbocycles. The lowest BCUT2D eigenvalue weighted by Crippen LogP contribution is -2.30. The van der Waals surface area contributed by atoms with E-state index in [1.54, 1.807) is 6.20 Å². The zero-order valence-corrected chi connectivity index (χ0v) is 12.2. The molecular formula is C18H16N2O2. The molecule has 22 heavy (non-hydrogen) atoms. The second-order valence-electron chi connectivity index (χ2n) is 5.17. The van der Waals surface area contributed by atoms with Crippen LogP contribution in [0.15, 0.2) is 60.8 Å². The Morgan fingerprint density at radius 2 is 1.68 bits per heavy atom. The third-order valence-corrected chi connectivity index (χ3v) is 3.64. The number of fused-ring (bicyclic) bond motifs is 1. The smallest absolute Gasteiger partial charge is 0.292 e. The van der Waals surface area contributed by atoms with E-state index >= 15 is 0 Å². The predicted molar refractivity (Wildman–Crippen MR) is 85.5 cm³/mol. The highest BCUT2D eigenvalue weighted by Crippen LogP contribution is 2.20. The van der Waals surface area contributed by atoms with Crippen LogP contribution in [0.5, 0.6) is 0 Å². The third-order valence-electron chi connectivity index (χ3n) is 3.64. The second kappa shape index (κ2) is 5.85. The van der Waals surface area contributed by atoms with E-state index in [0.717, 1.165) is 16.5 Å². The summed E-state index contributed by atoms with van der Waals surface area (Å²) in [5.41, 5.74) is 2.33. The highest BCUT2D eigenvalue weighted by molar-refractivity contribution is 6.44. The molecule has 1 aromatic heterocycles. The molecule has 3 rings (SSSR count). The van der Waals surface area contributed by atoms with Crippen molar-refractivity contribution in [1.82, 2.24) is 9.88 Å². The van der Waals surface area contributed by atoms with Crippen LogP contribution in [0.25, 0.3) is 10.9 Å². The van der Waals surface area contributed by atoms with Gasteiger partial charge in [-0.15, -0.1) is 0 Å². The summed E-state index contributed by atoms with van der Waals surface area (Å²) < 4.78 is 1.85. The Balaban J connectivity index is 1.79. The van der Waals surface area contributed by atoms with Gasteiger partial charge in [0.15, 0.2) is 0 Å². The van der Waals surface area contributed by atoms with Crippen LogP contribution in [-0.2, 0) is 18.4 Å². The van der Waals surface area contributed by atoms with Gasteiger partial charge in [-0.05, 0) is 11.6 Å². The van der Waals surface area contributed by atoms with Crippen LogP contribution in [0.1, 0.15) is 15.9 Å². The molecule has 2 aromatic carbocycles. The molecule has 110 valence electrons. The number of ketones is 1. The molecule has 1 heterocycles. The summed E-state index contributed by atoms with van der Waals surface area (Å²) in [6.45, 7) is 0.343. The molecule has 0 aliphatic carbocycles. The van der Waals surface area contributed by atoms with Gasteiger partial charge < -0.3 is 9.88 Å². The monoisotopic (exact) mass is 292 g/mol. The van der Waals surface area contributed by atoms with Gasteiger partial charge in [-0.1, -0.05) is 48.5 Å². The average Bonchev–Trinajstić information content (AvgIpc) is 2.90. The van der Waals surface area contributed by atoms with Crippen molar-refractivity contribution < 1.29 is 9.59 Å². The van der Waals surface area contributed by atoms with Crippen molar-refractivity contribution in [1.29, 1.82) is 0 Å². The van der Waals surface area contributed by atoms with Gasteiger partial charge in [-0.25, -0.2) is 0 Å². The van der Waals surface area contributed by atoms with E-state index in [9.17, 15) is 9.59 Å². The largest absolute Gasteiger partial charge is 0.350 e. The van der Waals surface area contributed by atoms with Crippen LogP contribution in [-0.4, -0.2) is 16.3 Å². The van der Waals surface area contributed by atoms with Gasteiger partial charge in [0, 0.05) is 30.7 Å². The molecule has 0 radical (unpaired) electrons. The third kappa shape index (κ3) is 2.63. The Kier molecular flexibility index (Phi) is 3.74. The van der Waals surface area contributed by atoms with Crippen LogP contribution in [0.2, 0.25) is 0 Å². The molecule has 4 nitrogen and oxygen atoms in total. The first-order valence-corrected chi connectivity index (χ1v) is 7.07. The number of amides is 1. The summed E-state index contributed by atoms with van der Waals surface area (Å²) in [5, 5.41) is 3.47. The fourth-order valence-corrected chi connectivity index (χ4v) is 2.50. The van der Waals surface area contributed by atoms with E-state index in [1.165, 1.54) is 0 Å². The molecule has 0 spiro atoms. The van der Waals surface area contributed by atoms with Gasteiger partial charge in [-0.2, -0.15) is 0 Å². The molecule has 0 saturated heterocycles. The van der Waals surface area contributed by atoms with E-state index in [2.05, 4.69) is 5.32 Å². The van der Waals surface area contributed by atoms with E-state index in [1.807, 2.05) is 66.2 Å². The summed E-state index contributed by atoms with van der Waals surface area (Å²) in [6.07, 6.45) is 1.70. The Morgan fingerprint density at radius 3 is 2.45 bits per heavy atom. The fraction of sp³-hybridized carbons (Fsp3) is 0.111. The molecule has 1 N–H and O–H groups in total. The zero-order valence-electron chi connectivity index (χ0n) is 12.2. The van der Waals surface area contributed by atoms with Crippen LogP contribution >= 0.6 is 0 Å². The molecule has 0 aliphatic heterocycles. The Labute approximate surface area is 128 Å². The first kappa shape index (κ1) is 14.1. The number of benzene rings is 2. The molecule has 0 aliphatic rings. The number of hydrogen-bond acceptors (Lipinski definition) is 2. The van der Waals surface area contributed by atoms with Gasteiger partial charge in [-0.3, -0.25) is 9.59 Å². The minimum absolute atomic E-state index is 0.343. The van der Waals surface area contributed by atoms with Crippen molar-refractivity contribution in [3.63, 3.8) is 0 Å². The predicted octanol–water partition coefficient (Wildman–Crippen LogP) is 2.68. The van der Waals surface area contributed by atoms with Crippen molar-refractivity contribution in [2.75, 3.05) is 0 Å². The lowest BCUT2D eigenvalue weighted by atomic mass is 10.1. The molecule has 0 bridgehead atoms. The van der Waals surface area contributed by atoms with Crippen molar-refractivity contribution in [3.05, 3.63) is 71.9 Å². The van der Waals surface area contributed by atoms with Crippen molar-refractivity contribution in [3.8, 4) is 0 Å². The van der Waals surface area contributed by atoms with Crippen LogP contribution < -0.4 is 5.32 Å². The number of rotatable bonds is 4. The van der Waals surface area contributed by atoms with Crippen LogP contribution in [0.3, 0.4) is 0 Å². The summed E-state index contributed by atoms with van der Waals surface area (Å²) >= 11 is 0. The van der Waals surface area contributed by atoms with Gasteiger partial charge in [0.1, 0.15) is 0 Å². The molecular weight excluding hydrogens is 276 g/mol. The van der Waals surface area contributed by atoms with Gasteiger partial charge in [0.2, 0.25) is 0 Å². The molecule has 0 fully saturated rings. The summed E-state index contributed by atoms with van der Waals surface area (Å²) in [5.74, 6) is -1.09. The topological polar surface area (TPSA) is 51.1 Å². The highest BCUT2D eigenvalue weighted by Gasteiger charge is 2.20. The standard InChI is InChI=1S/C18H16N2O2/c1-20-12-15(14-9-5-6-10-16(14)20)17(21)18(22)19-11-13-7-3-2-4-8-13/h2-10,12H,11H2,1H3,(H,19,22). The average molecular weight is 292 g/mol. The Hall–Kier alpha value is -2.88. The number of Topliss-reactive ketones (excluding diaryl/α,β-unsaturated/α-hetero) is 1. The normalized spacial score (nSPS) is 10.6. The van der Waals surface area contributed by atoms with Crippen LogP contribution in [0.4, 0.5) is 0 Å². The number of hydrogen-bond donors (Lipinski definition) is 1. The molecule has 4 heteroatoms. The lowest BCUT2D eigenvalue weighted by molar-refractivity contribution is -0.117. The minimum Gasteiger partial charge on any atom is -0.350 e. The lowest BCUT2D eigenvalue weighted by Gasteiger charge is -2.04. The van der Waals surface area contributed by atoms with Crippen molar-refractivity contribution >= 4 is 22.6 Å². The molecule has 3 aromatic rings. The van der Waals surface area contributed by atoms with E-state index in [-0.39, 0.29) is 0 Å². The zero-order chi connectivity index (χ0) is 15.5. The summed E-state index contributed by atoms with van der Waals surface area (Å²) in [7, 11) is 1.86. The SMILES string of the molecule is Cn1cc(C(=O)C(=O)NCc2ccccc2)c2ccccc21. The van der Waals surface area contributed by atoms with Gasteiger partial charge in [0.25, 0.3) is 11.7 Å². The number of aryl methyl sites for hydroxylation is 1. The maximum absolute atomic E-state index is 12.4. The van der Waals surface area contributed by atoms with E-state index in [0.29, 0.717) is 12.1 Å². The Bertz CT molecular complexity index is 835. The number of carbonyl (C=O) groups excluding carboxylic acids is 2. The number of aromatic nitrogens is 1. The van der Waals surface area contributed by atoms with E-state index in [4.69, 9.17) is 0 Å². The quantitative estimate of drug-likeness (QED) is 0.594. The van der Waals surface area contributed by atoms with Crippen LogP contribution in [0, 0.1) is 0 Å². The first-order chi connectivity index (χ1) is 10.7. The van der Waals surface area contributed by atoms with Crippen molar-refractivity contribution in [2.45, 2.75) is 6.54 Å². The highest BCUT2D eigenvalue weighted by atomic mass is 16.2. The molecule has 1 amide bonds. The molecule has 0 atom stereocenters. The second-order valence-corrected chi connectivity index (χ2v) is 5.17. The fourth-order valence-electron chi connectivity index (χ4n) is 2.50. The van der Waals surface area contributed by atoms with E-state index < -0.39 is 11.7 Å². The first-order valence-electron chi connectivity index (χ1n) is 7.07. The van der Waals surface area contributed by atoms with Crippen molar-refractivity contribution in [2.24, 2.45) is 7.05 Å². The number of para-hydroxylation sites is 1. The summed E-state index contributed by atoms with van der Waals surface area (Å²) in [4.78, 5) is 24.5. The van der Waals surface area contributed by atoms with Gasteiger partial charge >= 0.3 is 0 Å². The number of nitrogens with one attached hydrogen (secondary N) is 1. The summed E-state index contributed by atoms with van der Waals surface area (Å²) in [6, 6.07) is 17.1. The number of nitrogens with zero attached hydrogens (tertiary/aromatic N) is 1. The minimum atomic E-state index is -0.583. The van der Waals surface area contributed by atoms with Gasteiger partial charge in [0.05, 0.1) is 5.56 Å². The maximum Gasteiger partial charge on any atom is 0.292 e.